The smallest absolute Gasteiger partial charge is 0.0236 e. The van der Waals surface area contributed by atoms with Crippen LogP contribution in [0.3, 0.4) is 0 Å². The van der Waals surface area contributed by atoms with Gasteiger partial charge in [-0.25, -0.2) is 0 Å². The molecule has 0 saturated carbocycles. The third-order valence-corrected chi connectivity index (χ3v) is 4.08. The molecule has 2 heteroatoms. The molecule has 0 aromatic heterocycles. The van der Waals surface area contributed by atoms with Crippen molar-refractivity contribution in [1.82, 2.24) is 4.90 Å². The van der Waals surface area contributed by atoms with E-state index in [2.05, 4.69) is 42.2 Å². The number of hydrogen-bond acceptors (Lipinski definition) is 2. The Labute approximate surface area is 111 Å². The van der Waals surface area contributed by atoms with Crippen molar-refractivity contribution in [2.75, 3.05) is 6.54 Å². The summed E-state index contributed by atoms with van der Waals surface area (Å²) in [5.41, 5.74) is 7.56. The second-order valence-corrected chi connectivity index (χ2v) is 5.51. The van der Waals surface area contributed by atoms with E-state index in [4.69, 9.17) is 5.73 Å². The van der Waals surface area contributed by atoms with Crippen LogP contribution in [-0.2, 0) is 6.54 Å². The molecule has 1 saturated heterocycles. The third-order valence-electron chi connectivity index (χ3n) is 4.08. The van der Waals surface area contributed by atoms with Gasteiger partial charge in [0.1, 0.15) is 0 Å². The molecule has 18 heavy (non-hydrogen) atoms. The minimum Gasteiger partial charge on any atom is -0.328 e. The van der Waals surface area contributed by atoms with Crippen molar-refractivity contribution in [3.63, 3.8) is 0 Å². The van der Waals surface area contributed by atoms with Gasteiger partial charge in [0.15, 0.2) is 0 Å². The van der Waals surface area contributed by atoms with Crippen LogP contribution in [0.1, 0.15) is 44.6 Å². The highest BCUT2D eigenvalue weighted by atomic mass is 15.2. The predicted octanol–water partition coefficient (Wildman–Crippen LogP) is 3.17. The van der Waals surface area contributed by atoms with Crippen molar-refractivity contribution in [3.05, 3.63) is 35.9 Å². The normalized spacial score (nSPS) is 22.9. The number of nitrogens with zero attached hydrogens (tertiary/aromatic N) is 1. The largest absolute Gasteiger partial charge is 0.328 e. The molecule has 100 valence electrons. The van der Waals surface area contributed by atoms with E-state index >= 15 is 0 Å². The Morgan fingerprint density at radius 2 is 2.06 bits per heavy atom. The van der Waals surface area contributed by atoms with Crippen molar-refractivity contribution in [2.45, 2.75) is 57.7 Å². The minimum atomic E-state index is 0.367. The number of benzene rings is 1. The highest BCUT2D eigenvalue weighted by Crippen LogP contribution is 2.23. The summed E-state index contributed by atoms with van der Waals surface area (Å²) < 4.78 is 0. The maximum Gasteiger partial charge on any atom is 0.0236 e. The molecule has 1 aromatic carbocycles. The standard InChI is InChI=1S/C16H26N2/c1-2-15(17)12-16-10-6-7-11-18(16)13-14-8-4-3-5-9-14/h3-5,8-9,15-16H,2,6-7,10-13,17H2,1H3. The van der Waals surface area contributed by atoms with Crippen LogP contribution in [0, 0.1) is 0 Å². The second kappa shape index (κ2) is 6.91. The predicted molar refractivity (Wildman–Crippen MR) is 77.4 cm³/mol. The number of piperidine rings is 1. The monoisotopic (exact) mass is 246 g/mol. The minimum absolute atomic E-state index is 0.367. The van der Waals surface area contributed by atoms with Gasteiger partial charge < -0.3 is 5.73 Å². The summed E-state index contributed by atoms with van der Waals surface area (Å²) >= 11 is 0. The first-order valence-electron chi connectivity index (χ1n) is 7.33. The molecule has 2 unspecified atom stereocenters. The van der Waals surface area contributed by atoms with Gasteiger partial charge in [-0.1, -0.05) is 43.7 Å². The van der Waals surface area contributed by atoms with Gasteiger partial charge in [-0.05, 0) is 37.8 Å². The summed E-state index contributed by atoms with van der Waals surface area (Å²) in [5, 5.41) is 0. The van der Waals surface area contributed by atoms with E-state index in [0.717, 1.165) is 19.4 Å². The van der Waals surface area contributed by atoms with Crippen molar-refractivity contribution < 1.29 is 0 Å². The molecule has 0 spiro atoms. The molecule has 1 fully saturated rings. The lowest BCUT2D eigenvalue weighted by molar-refractivity contribution is 0.126. The molecule has 0 amide bonds. The topological polar surface area (TPSA) is 29.3 Å². The number of hydrogen-bond donors (Lipinski definition) is 1. The van der Waals surface area contributed by atoms with Gasteiger partial charge in [-0.15, -0.1) is 0 Å². The van der Waals surface area contributed by atoms with Crippen LogP contribution in [0.2, 0.25) is 0 Å². The quantitative estimate of drug-likeness (QED) is 0.864. The first-order chi connectivity index (χ1) is 8.79. The molecule has 1 aromatic rings. The second-order valence-electron chi connectivity index (χ2n) is 5.51. The Kier molecular flexibility index (Phi) is 5.21. The van der Waals surface area contributed by atoms with Gasteiger partial charge in [0, 0.05) is 18.6 Å². The number of likely N-dealkylation sites (tertiary alicyclic amines) is 1. The maximum atomic E-state index is 6.13. The number of rotatable bonds is 5. The van der Waals surface area contributed by atoms with Crippen LogP contribution in [0.4, 0.5) is 0 Å². The van der Waals surface area contributed by atoms with E-state index in [0.29, 0.717) is 12.1 Å². The number of nitrogens with two attached hydrogens (primary N) is 1. The Bertz CT molecular complexity index is 336. The van der Waals surface area contributed by atoms with Crippen LogP contribution in [0.5, 0.6) is 0 Å². The lowest BCUT2D eigenvalue weighted by Crippen LogP contribution is -2.42. The van der Waals surface area contributed by atoms with Crippen molar-refractivity contribution in [1.29, 1.82) is 0 Å². The molecule has 2 N–H and O–H groups in total. The lowest BCUT2D eigenvalue weighted by Gasteiger charge is -2.37. The van der Waals surface area contributed by atoms with E-state index in [1.165, 1.54) is 31.4 Å². The van der Waals surface area contributed by atoms with Gasteiger partial charge in [0.2, 0.25) is 0 Å². The van der Waals surface area contributed by atoms with Crippen LogP contribution in [-0.4, -0.2) is 23.5 Å². The lowest BCUT2D eigenvalue weighted by atomic mass is 9.94. The highest BCUT2D eigenvalue weighted by Gasteiger charge is 2.23. The van der Waals surface area contributed by atoms with Gasteiger partial charge in [0.05, 0.1) is 0 Å². The molecule has 2 nitrogen and oxygen atoms in total. The summed E-state index contributed by atoms with van der Waals surface area (Å²) in [7, 11) is 0. The van der Waals surface area contributed by atoms with Crippen molar-refractivity contribution in [2.24, 2.45) is 5.73 Å². The summed E-state index contributed by atoms with van der Waals surface area (Å²) in [6, 6.07) is 11.9. The van der Waals surface area contributed by atoms with Crippen LogP contribution in [0.15, 0.2) is 30.3 Å². The summed E-state index contributed by atoms with van der Waals surface area (Å²) in [5.74, 6) is 0. The van der Waals surface area contributed by atoms with E-state index in [1.54, 1.807) is 0 Å². The zero-order valence-corrected chi connectivity index (χ0v) is 11.5. The summed E-state index contributed by atoms with van der Waals surface area (Å²) in [6.45, 7) is 4.51. The Morgan fingerprint density at radius 3 is 2.78 bits per heavy atom. The Balaban J connectivity index is 1.95. The molecule has 2 atom stereocenters. The van der Waals surface area contributed by atoms with Crippen LogP contribution < -0.4 is 5.73 Å². The molecule has 0 aliphatic carbocycles. The van der Waals surface area contributed by atoms with Gasteiger partial charge in [0.25, 0.3) is 0 Å². The van der Waals surface area contributed by atoms with Crippen molar-refractivity contribution in [3.8, 4) is 0 Å². The average Bonchev–Trinajstić information content (AvgIpc) is 2.42. The molecular formula is C16H26N2. The highest BCUT2D eigenvalue weighted by molar-refractivity contribution is 5.14. The average molecular weight is 246 g/mol. The zero-order chi connectivity index (χ0) is 12.8. The molecule has 0 bridgehead atoms. The summed E-state index contributed by atoms with van der Waals surface area (Å²) in [6.07, 6.45) is 6.27. The van der Waals surface area contributed by atoms with Gasteiger partial charge in [-0.3, -0.25) is 4.90 Å². The summed E-state index contributed by atoms with van der Waals surface area (Å²) in [4.78, 5) is 2.63. The van der Waals surface area contributed by atoms with E-state index < -0.39 is 0 Å². The first kappa shape index (κ1) is 13.6. The first-order valence-corrected chi connectivity index (χ1v) is 7.33. The third kappa shape index (κ3) is 3.82. The van der Waals surface area contributed by atoms with Crippen LogP contribution in [0.25, 0.3) is 0 Å². The van der Waals surface area contributed by atoms with E-state index in [1.807, 2.05) is 0 Å². The fraction of sp³-hybridized carbons (Fsp3) is 0.625. The van der Waals surface area contributed by atoms with Crippen molar-refractivity contribution >= 4 is 0 Å². The fourth-order valence-electron chi connectivity index (χ4n) is 2.87. The molecule has 2 rings (SSSR count). The Morgan fingerprint density at radius 1 is 1.28 bits per heavy atom. The van der Waals surface area contributed by atoms with Gasteiger partial charge in [-0.2, -0.15) is 0 Å². The maximum absolute atomic E-state index is 6.13. The zero-order valence-electron chi connectivity index (χ0n) is 11.5. The SMILES string of the molecule is CCC(N)CC1CCCCN1Cc1ccccc1. The molecule has 1 aliphatic heterocycles. The molecule has 0 radical (unpaired) electrons. The van der Waals surface area contributed by atoms with Crippen LogP contribution >= 0.6 is 0 Å². The Hall–Kier alpha value is -0.860. The fourth-order valence-corrected chi connectivity index (χ4v) is 2.87. The molecule has 1 aliphatic rings. The van der Waals surface area contributed by atoms with E-state index in [9.17, 15) is 0 Å². The molecule has 1 heterocycles. The van der Waals surface area contributed by atoms with Gasteiger partial charge >= 0.3 is 0 Å². The molecular weight excluding hydrogens is 220 g/mol. The van der Waals surface area contributed by atoms with E-state index in [-0.39, 0.29) is 0 Å².